The molecule has 2 aromatic rings. The molecule has 2 N–H and O–H groups in total. The zero-order chi connectivity index (χ0) is 17.0. The van der Waals surface area contributed by atoms with Crippen LogP contribution in [0, 0.1) is 0 Å². The molecule has 25 heavy (non-hydrogen) atoms. The van der Waals surface area contributed by atoms with Crippen molar-refractivity contribution < 1.29 is 4.74 Å². The number of aromatic nitrogens is 1. The lowest BCUT2D eigenvalue weighted by atomic mass is 10.3. The first kappa shape index (κ1) is 21.6. The predicted molar refractivity (Wildman–Crippen MR) is 116 cm³/mol. The van der Waals surface area contributed by atoms with Gasteiger partial charge in [0, 0.05) is 29.8 Å². The third kappa shape index (κ3) is 8.44. The van der Waals surface area contributed by atoms with Crippen LogP contribution in [-0.4, -0.2) is 36.9 Å². The number of nitrogens with one attached hydrogen (secondary N) is 2. The third-order valence-corrected chi connectivity index (χ3v) is 4.15. The van der Waals surface area contributed by atoms with Crippen LogP contribution in [0.2, 0.25) is 0 Å². The van der Waals surface area contributed by atoms with E-state index in [0.717, 1.165) is 30.5 Å². The maximum absolute atomic E-state index is 5.14. The lowest BCUT2D eigenvalue weighted by molar-refractivity contribution is 0.396. The van der Waals surface area contributed by atoms with Crippen molar-refractivity contribution >= 4 is 41.7 Å². The summed E-state index contributed by atoms with van der Waals surface area (Å²) in [6.07, 6.45) is 0. The topological polar surface area (TPSA) is 58.5 Å². The van der Waals surface area contributed by atoms with Gasteiger partial charge in [-0.3, -0.25) is 0 Å². The molecule has 5 nitrogen and oxygen atoms in total. The lowest BCUT2D eigenvalue weighted by Gasteiger charge is -2.11. The Morgan fingerprint density at radius 1 is 1.12 bits per heavy atom. The molecule has 0 spiro atoms. The largest absolute Gasteiger partial charge is 0.481 e. The number of hydrogen-bond donors (Lipinski definition) is 2. The van der Waals surface area contributed by atoms with Gasteiger partial charge in [-0.1, -0.05) is 24.3 Å². The van der Waals surface area contributed by atoms with Crippen LogP contribution in [-0.2, 0) is 6.54 Å². The molecule has 1 heterocycles. The number of methoxy groups -OCH3 is 1. The minimum atomic E-state index is 0. The predicted octanol–water partition coefficient (Wildman–Crippen LogP) is 3.56. The molecule has 0 saturated carbocycles. The number of guanidine groups is 1. The Kier molecular flexibility index (Phi) is 11.1. The van der Waals surface area contributed by atoms with Crippen LogP contribution < -0.4 is 15.4 Å². The highest BCUT2D eigenvalue weighted by Crippen LogP contribution is 2.15. The van der Waals surface area contributed by atoms with Gasteiger partial charge in [-0.2, -0.15) is 0 Å². The zero-order valence-corrected chi connectivity index (χ0v) is 17.7. The summed E-state index contributed by atoms with van der Waals surface area (Å²) in [5.74, 6) is 2.39. The molecule has 1 aromatic carbocycles. The average molecular weight is 472 g/mol. The summed E-state index contributed by atoms with van der Waals surface area (Å²) in [4.78, 5) is 10.2. The first-order valence-corrected chi connectivity index (χ1v) is 9.00. The molecule has 7 heteroatoms. The van der Waals surface area contributed by atoms with E-state index in [9.17, 15) is 0 Å². The minimum absolute atomic E-state index is 0. The van der Waals surface area contributed by atoms with Gasteiger partial charge in [-0.15, -0.1) is 35.7 Å². The molecule has 2 rings (SSSR count). The van der Waals surface area contributed by atoms with Gasteiger partial charge in [0.25, 0.3) is 0 Å². The Bertz CT molecular complexity index is 640. The number of hydrogen-bond acceptors (Lipinski definition) is 4. The van der Waals surface area contributed by atoms with E-state index in [1.807, 2.05) is 36.0 Å². The number of aliphatic imine (C=N–C) groups is 1. The van der Waals surface area contributed by atoms with Gasteiger partial charge < -0.3 is 15.4 Å². The second-order valence-electron chi connectivity index (χ2n) is 4.95. The zero-order valence-electron chi connectivity index (χ0n) is 14.6. The van der Waals surface area contributed by atoms with Crippen LogP contribution in [0.4, 0.5) is 0 Å². The summed E-state index contributed by atoms with van der Waals surface area (Å²) < 4.78 is 5.14. The quantitative estimate of drug-likeness (QED) is 0.202. The van der Waals surface area contributed by atoms with Crippen molar-refractivity contribution in [3.05, 3.63) is 54.2 Å². The van der Waals surface area contributed by atoms with Gasteiger partial charge in [0.2, 0.25) is 5.88 Å². The van der Waals surface area contributed by atoms with Crippen molar-refractivity contribution in [2.24, 2.45) is 4.99 Å². The average Bonchev–Trinajstić information content (AvgIpc) is 2.64. The summed E-state index contributed by atoms with van der Waals surface area (Å²) in [6.45, 7) is 4.23. The molecule has 0 radical (unpaired) electrons. The summed E-state index contributed by atoms with van der Waals surface area (Å²) in [6, 6.07) is 16.1. The molecular weight excluding hydrogens is 447 g/mol. The first-order chi connectivity index (χ1) is 11.8. The SMILES string of the molecule is CCNC(=NCc1cccc(OC)n1)NCCSc1ccccc1.I. The van der Waals surface area contributed by atoms with Gasteiger partial charge in [0.1, 0.15) is 0 Å². The van der Waals surface area contributed by atoms with Crippen LogP contribution in [0.15, 0.2) is 58.4 Å². The van der Waals surface area contributed by atoms with E-state index in [-0.39, 0.29) is 24.0 Å². The van der Waals surface area contributed by atoms with Crippen molar-refractivity contribution in [3.63, 3.8) is 0 Å². The van der Waals surface area contributed by atoms with Crippen molar-refractivity contribution in [1.82, 2.24) is 15.6 Å². The van der Waals surface area contributed by atoms with E-state index in [1.54, 1.807) is 7.11 Å². The van der Waals surface area contributed by atoms with Crippen LogP contribution in [0.1, 0.15) is 12.6 Å². The second-order valence-corrected chi connectivity index (χ2v) is 6.12. The molecule has 0 aliphatic rings. The smallest absolute Gasteiger partial charge is 0.213 e. The molecule has 0 bridgehead atoms. The normalized spacial score (nSPS) is 10.7. The first-order valence-electron chi connectivity index (χ1n) is 8.01. The number of rotatable bonds is 8. The standard InChI is InChI=1S/C18H24N4OS.HI/c1-3-19-18(20-12-13-24-16-9-5-4-6-10-16)21-14-15-8-7-11-17(22-15)23-2;/h4-11H,3,12-14H2,1-2H3,(H2,19,20,21);1H. The molecule has 0 saturated heterocycles. The van der Waals surface area contributed by atoms with Gasteiger partial charge in [0.05, 0.1) is 19.3 Å². The Balaban J connectivity index is 0.00000312. The van der Waals surface area contributed by atoms with E-state index in [4.69, 9.17) is 4.74 Å². The maximum Gasteiger partial charge on any atom is 0.213 e. The monoisotopic (exact) mass is 472 g/mol. The van der Waals surface area contributed by atoms with Crippen molar-refractivity contribution in [3.8, 4) is 5.88 Å². The molecule has 0 atom stereocenters. The number of nitrogens with zero attached hydrogens (tertiary/aromatic N) is 2. The molecular formula is C18H25IN4OS. The Morgan fingerprint density at radius 2 is 1.92 bits per heavy atom. The number of pyridine rings is 1. The fraction of sp³-hybridized carbons (Fsp3) is 0.333. The van der Waals surface area contributed by atoms with E-state index >= 15 is 0 Å². The molecule has 0 amide bonds. The summed E-state index contributed by atoms with van der Waals surface area (Å²) in [5, 5.41) is 6.60. The van der Waals surface area contributed by atoms with Gasteiger partial charge in [0.15, 0.2) is 5.96 Å². The highest BCUT2D eigenvalue weighted by atomic mass is 127. The molecule has 136 valence electrons. The van der Waals surface area contributed by atoms with Gasteiger partial charge in [-0.05, 0) is 25.1 Å². The number of benzene rings is 1. The number of thioether (sulfide) groups is 1. The van der Waals surface area contributed by atoms with E-state index in [2.05, 4.69) is 51.8 Å². The highest BCUT2D eigenvalue weighted by molar-refractivity contribution is 14.0. The fourth-order valence-electron chi connectivity index (χ4n) is 2.02. The van der Waals surface area contributed by atoms with E-state index in [0.29, 0.717) is 12.4 Å². The second kappa shape index (κ2) is 12.8. The lowest BCUT2D eigenvalue weighted by Crippen LogP contribution is -2.38. The fourth-order valence-corrected chi connectivity index (χ4v) is 2.81. The van der Waals surface area contributed by atoms with Gasteiger partial charge >= 0.3 is 0 Å². The van der Waals surface area contributed by atoms with Crippen molar-refractivity contribution in [2.45, 2.75) is 18.4 Å². The van der Waals surface area contributed by atoms with Crippen LogP contribution >= 0.6 is 35.7 Å². The highest BCUT2D eigenvalue weighted by Gasteiger charge is 2.00. The van der Waals surface area contributed by atoms with Gasteiger partial charge in [-0.25, -0.2) is 9.98 Å². The minimum Gasteiger partial charge on any atom is -0.481 e. The third-order valence-electron chi connectivity index (χ3n) is 3.14. The molecule has 0 aliphatic carbocycles. The van der Waals surface area contributed by atoms with Crippen LogP contribution in [0.25, 0.3) is 0 Å². The summed E-state index contributed by atoms with van der Waals surface area (Å²) in [7, 11) is 1.62. The Hall–Kier alpha value is -1.48. The van der Waals surface area contributed by atoms with Crippen LogP contribution in [0.3, 0.4) is 0 Å². The Labute approximate surface area is 171 Å². The maximum atomic E-state index is 5.14. The Morgan fingerprint density at radius 3 is 2.64 bits per heavy atom. The van der Waals surface area contributed by atoms with E-state index in [1.165, 1.54) is 4.90 Å². The summed E-state index contributed by atoms with van der Waals surface area (Å²) >= 11 is 1.83. The van der Waals surface area contributed by atoms with Crippen LogP contribution in [0.5, 0.6) is 5.88 Å². The molecule has 0 fully saturated rings. The number of ether oxygens (including phenoxy) is 1. The molecule has 0 aliphatic heterocycles. The van der Waals surface area contributed by atoms with Crippen molar-refractivity contribution in [1.29, 1.82) is 0 Å². The number of halogens is 1. The summed E-state index contributed by atoms with van der Waals surface area (Å²) in [5.41, 5.74) is 0.880. The molecule has 1 aromatic heterocycles. The van der Waals surface area contributed by atoms with E-state index < -0.39 is 0 Å². The molecule has 0 unspecified atom stereocenters. The van der Waals surface area contributed by atoms with Crippen molar-refractivity contribution in [2.75, 3.05) is 26.0 Å².